The van der Waals surface area contributed by atoms with Gasteiger partial charge in [-0.1, -0.05) is 18.2 Å². The van der Waals surface area contributed by atoms with E-state index in [9.17, 15) is 4.79 Å². The molecule has 2 aromatic heterocycles. The van der Waals surface area contributed by atoms with E-state index in [1.807, 2.05) is 43.4 Å². The number of pyridine rings is 1. The molecule has 5 rings (SSSR count). The molecule has 0 unspecified atom stereocenters. The minimum Gasteiger partial charge on any atom is -0.340 e. The summed E-state index contributed by atoms with van der Waals surface area (Å²) in [7, 11) is 1.82. The van der Waals surface area contributed by atoms with Crippen LogP contribution in [0.25, 0.3) is 11.5 Å². The molecule has 0 atom stereocenters. The number of rotatable bonds is 4. The highest BCUT2D eigenvalue weighted by atomic mass is 16.2. The number of nitrogens with one attached hydrogen (secondary N) is 1. The first-order chi connectivity index (χ1) is 12.7. The van der Waals surface area contributed by atoms with E-state index in [4.69, 9.17) is 4.98 Å². The number of hydrogen-bond donors (Lipinski definition) is 1. The van der Waals surface area contributed by atoms with E-state index in [1.54, 1.807) is 11.2 Å². The van der Waals surface area contributed by atoms with Crippen molar-refractivity contribution in [1.82, 2.24) is 24.6 Å². The molecule has 7 heteroatoms. The molecule has 1 fully saturated rings. The van der Waals surface area contributed by atoms with Crippen molar-refractivity contribution in [2.75, 3.05) is 12.4 Å². The lowest BCUT2D eigenvalue weighted by molar-refractivity contribution is 0.0817. The Labute approximate surface area is 150 Å². The van der Waals surface area contributed by atoms with Gasteiger partial charge in [0.15, 0.2) is 5.82 Å². The molecule has 1 N–H and O–H groups in total. The van der Waals surface area contributed by atoms with E-state index in [0.29, 0.717) is 18.4 Å². The van der Waals surface area contributed by atoms with Crippen LogP contribution in [0.3, 0.4) is 0 Å². The average Bonchev–Trinajstić information content (AvgIpc) is 3.29. The summed E-state index contributed by atoms with van der Waals surface area (Å²) in [5, 5.41) is 11.6. The lowest BCUT2D eigenvalue weighted by Gasteiger charge is -2.11. The number of fused-ring (bicyclic) bond motifs is 1. The molecule has 2 aliphatic rings. The van der Waals surface area contributed by atoms with E-state index in [2.05, 4.69) is 20.1 Å². The van der Waals surface area contributed by atoms with Crippen molar-refractivity contribution >= 4 is 17.4 Å². The third kappa shape index (κ3) is 2.44. The Morgan fingerprint density at radius 3 is 2.85 bits per heavy atom. The summed E-state index contributed by atoms with van der Waals surface area (Å²) in [6.07, 6.45) is 4.09. The maximum absolute atomic E-state index is 12.4. The van der Waals surface area contributed by atoms with Gasteiger partial charge in [0.05, 0.1) is 11.3 Å². The quantitative estimate of drug-likeness (QED) is 0.786. The average molecular weight is 346 g/mol. The van der Waals surface area contributed by atoms with Crippen LogP contribution in [0.2, 0.25) is 0 Å². The second-order valence-electron chi connectivity index (χ2n) is 6.83. The van der Waals surface area contributed by atoms with Crippen LogP contribution in [0.1, 0.15) is 34.8 Å². The largest absolute Gasteiger partial charge is 0.340 e. The Balaban J connectivity index is 1.49. The summed E-state index contributed by atoms with van der Waals surface area (Å²) in [6, 6.07) is 12.1. The monoisotopic (exact) mass is 346 g/mol. The summed E-state index contributed by atoms with van der Waals surface area (Å²) in [5.41, 5.74) is 3.32. The van der Waals surface area contributed by atoms with E-state index in [0.717, 1.165) is 41.2 Å². The fourth-order valence-corrected chi connectivity index (χ4v) is 3.42. The molecular weight excluding hydrogens is 328 g/mol. The van der Waals surface area contributed by atoms with Crippen LogP contribution in [0.5, 0.6) is 0 Å². The first-order valence-corrected chi connectivity index (χ1v) is 8.72. The van der Waals surface area contributed by atoms with Gasteiger partial charge in [-0.2, -0.15) is 0 Å². The molecule has 1 amide bonds. The van der Waals surface area contributed by atoms with Crippen molar-refractivity contribution < 1.29 is 4.79 Å². The van der Waals surface area contributed by atoms with Crippen molar-refractivity contribution in [1.29, 1.82) is 0 Å². The van der Waals surface area contributed by atoms with Crippen molar-refractivity contribution in [2.45, 2.75) is 25.4 Å². The zero-order valence-electron chi connectivity index (χ0n) is 14.4. The first-order valence-electron chi connectivity index (χ1n) is 8.72. The molecule has 7 nitrogen and oxygen atoms in total. The molecule has 0 saturated heterocycles. The van der Waals surface area contributed by atoms with Crippen molar-refractivity contribution in [3.63, 3.8) is 0 Å². The summed E-state index contributed by atoms with van der Waals surface area (Å²) in [4.78, 5) is 18.8. The topological polar surface area (TPSA) is 75.9 Å². The predicted molar refractivity (Wildman–Crippen MR) is 97.0 cm³/mol. The lowest BCUT2D eigenvalue weighted by atomic mass is 10.1. The predicted octanol–water partition coefficient (Wildman–Crippen LogP) is 3.00. The van der Waals surface area contributed by atoms with Gasteiger partial charge < -0.3 is 14.8 Å². The second kappa shape index (κ2) is 5.66. The summed E-state index contributed by atoms with van der Waals surface area (Å²) in [5.74, 6) is 1.50. The number of anilines is 2. The van der Waals surface area contributed by atoms with Gasteiger partial charge in [0, 0.05) is 19.6 Å². The summed E-state index contributed by atoms with van der Waals surface area (Å²) in [6.45, 7) is 0.641. The van der Waals surface area contributed by atoms with Crippen LogP contribution >= 0.6 is 0 Å². The molecule has 130 valence electrons. The fraction of sp³-hybridized carbons (Fsp3) is 0.263. The Morgan fingerprint density at radius 1 is 1.15 bits per heavy atom. The van der Waals surface area contributed by atoms with Crippen LogP contribution in [0, 0.1) is 0 Å². The van der Waals surface area contributed by atoms with Crippen LogP contribution in [-0.4, -0.2) is 37.6 Å². The maximum atomic E-state index is 12.4. The Bertz CT molecular complexity index is 1010. The van der Waals surface area contributed by atoms with E-state index < -0.39 is 0 Å². The lowest BCUT2D eigenvalue weighted by Crippen LogP contribution is -2.18. The smallest absolute Gasteiger partial charge is 0.256 e. The number of carbonyl (C=O) groups excluding carboxylic acids is 1. The van der Waals surface area contributed by atoms with Gasteiger partial charge >= 0.3 is 0 Å². The number of carbonyl (C=O) groups is 1. The molecule has 0 spiro atoms. The Hall–Kier alpha value is -3.22. The minimum absolute atomic E-state index is 0.0349. The molecule has 1 aliphatic heterocycles. The number of aromatic nitrogens is 4. The molecule has 1 aliphatic carbocycles. The zero-order chi connectivity index (χ0) is 17.7. The number of benzene rings is 1. The Morgan fingerprint density at radius 2 is 2.00 bits per heavy atom. The van der Waals surface area contributed by atoms with Gasteiger partial charge in [0.1, 0.15) is 17.8 Å². The van der Waals surface area contributed by atoms with Gasteiger partial charge in [-0.15, -0.1) is 10.2 Å². The number of hydrogen-bond acceptors (Lipinski definition) is 5. The van der Waals surface area contributed by atoms with E-state index >= 15 is 0 Å². The molecule has 1 saturated carbocycles. The van der Waals surface area contributed by atoms with Crippen molar-refractivity contribution in [2.24, 2.45) is 0 Å². The highest BCUT2D eigenvalue weighted by molar-refractivity contribution is 6.03. The normalized spacial score (nSPS) is 16.0. The Kier molecular flexibility index (Phi) is 3.28. The SMILES string of the molecule is CN1Cc2cccc(Nc3cccc(-c4nncn4C4CC4)n3)c2C1=O. The van der Waals surface area contributed by atoms with Gasteiger partial charge in [-0.05, 0) is 36.6 Å². The summed E-state index contributed by atoms with van der Waals surface area (Å²) >= 11 is 0. The van der Waals surface area contributed by atoms with E-state index in [-0.39, 0.29) is 5.91 Å². The van der Waals surface area contributed by atoms with Crippen molar-refractivity contribution in [3.8, 4) is 11.5 Å². The number of amides is 1. The van der Waals surface area contributed by atoms with Gasteiger partial charge in [0.25, 0.3) is 5.91 Å². The molecular formula is C19H18N6O. The summed E-state index contributed by atoms with van der Waals surface area (Å²) < 4.78 is 2.09. The highest BCUT2D eigenvalue weighted by Crippen LogP contribution is 2.37. The van der Waals surface area contributed by atoms with Crippen molar-refractivity contribution in [3.05, 3.63) is 53.9 Å². The van der Waals surface area contributed by atoms with Gasteiger partial charge in [-0.3, -0.25) is 4.79 Å². The van der Waals surface area contributed by atoms with Gasteiger partial charge in [0.2, 0.25) is 0 Å². The molecule has 1 aromatic carbocycles. The zero-order valence-corrected chi connectivity index (χ0v) is 14.4. The molecule has 26 heavy (non-hydrogen) atoms. The molecule has 0 radical (unpaired) electrons. The van der Waals surface area contributed by atoms with Gasteiger partial charge in [-0.25, -0.2) is 4.98 Å². The van der Waals surface area contributed by atoms with E-state index in [1.165, 1.54) is 0 Å². The van der Waals surface area contributed by atoms with Crippen LogP contribution in [-0.2, 0) is 6.54 Å². The number of nitrogens with zero attached hydrogens (tertiary/aromatic N) is 5. The second-order valence-corrected chi connectivity index (χ2v) is 6.83. The molecule has 3 aromatic rings. The maximum Gasteiger partial charge on any atom is 0.256 e. The van der Waals surface area contributed by atoms with Crippen LogP contribution in [0.4, 0.5) is 11.5 Å². The van der Waals surface area contributed by atoms with Crippen LogP contribution < -0.4 is 5.32 Å². The van der Waals surface area contributed by atoms with Crippen LogP contribution in [0.15, 0.2) is 42.7 Å². The standard InChI is InChI=1S/C19H18N6O/c1-24-10-12-4-2-5-14(17(12)19(24)26)21-16-7-3-6-15(22-16)18-23-20-11-25(18)13-8-9-13/h2-7,11,13H,8-10H2,1H3,(H,21,22). The molecule has 0 bridgehead atoms. The highest BCUT2D eigenvalue weighted by Gasteiger charge is 2.28. The molecule has 3 heterocycles. The first kappa shape index (κ1) is 15.1. The fourth-order valence-electron chi connectivity index (χ4n) is 3.42. The third-order valence-electron chi connectivity index (χ3n) is 4.87. The third-order valence-corrected chi connectivity index (χ3v) is 4.87. The minimum atomic E-state index is 0.0349.